The Labute approximate surface area is 162 Å². The normalized spacial score (nSPS) is 12.4. The topological polar surface area (TPSA) is 95.9 Å². The number of hydrogen-bond donors (Lipinski definition) is 1. The van der Waals surface area contributed by atoms with E-state index in [9.17, 15) is 12.8 Å². The van der Waals surface area contributed by atoms with E-state index in [-0.39, 0.29) is 27.6 Å². The highest BCUT2D eigenvalue weighted by Gasteiger charge is 2.34. The van der Waals surface area contributed by atoms with E-state index in [0.29, 0.717) is 11.3 Å². The summed E-state index contributed by atoms with van der Waals surface area (Å²) in [4.78, 5) is 4.25. The summed E-state index contributed by atoms with van der Waals surface area (Å²) in [5.74, 6) is -0.557. The summed E-state index contributed by atoms with van der Waals surface area (Å²) in [6.07, 6.45) is 2.86. The average molecular weight is 407 g/mol. The second kappa shape index (κ2) is 6.66. The van der Waals surface area contributed by atoms with Crippen molar-refractivity contribution in [3.63, 3.8) is 0 Å². The molecule has 3 rings (SSSR count). The first-order chi connectivity index (χ1) is 13.0. The van der Waals surface area contributed by atoms with Crippen LogP contribution < -0.4 is 15.2 Å². The molecule has 0 saturated carbocycles. The molecule has 3 aromatic rings. The number of anilines is 1. The molecule has 2 N–H and O–H groups in total. The maximum Gasteiger partial charge on any atom is 0.188 e. The first-order valence-corrected chi connectivity index (χ1v) is 9.93. The summed E-state index contributed by atoms with van der Waals surface area (Å²) in [5, 5.41) is 0. The van der Waals surface area contributed by atoms with Crippen molar-refractivity contribution in [2.75, 3.05) is 20.0 Å². The minimum atomic E-state index is -3.73. The van der Waals surface area contributed by atoms with Gasteiger partial charge in [0, 0.05) is 17.8 Å². The number of hydrogen-bond acceptors (Lipinski definition) is 6. The Morgan fingerprint density at radius 1 is 1.18 bits per heavy atom. The molecule has 0 fully saturated rings. The maximum atomic E-state index is 14.9. The highest BCUT2D eigenvalue weighted by molar-refractivity contribution is 7.92. The van der Waals surface area contributed by atoms with Gasteiger partial charge in [0.2, 0.25) is 0 Å². The molecular formula is C19H22FN3O4S. The average Bonchev–Trinajstić information content (AvgIpc) is 3.03. The Kier molecular flexibility index (Phi) is 4.74. The van der Waals surface area contributed by atoms with Gasteiger partial charge in [0.1, 0.15) is 16.3 Å². The van der Waals surface area contributed by atoms with Crippen LogP contribution in [-0.4, -0.2) is 36.8 Å². The quantitative estimate of drug-likeness (QED) is 0.667. The van der Waals surface area contributed by atoms with Gasteiger partial charge < -0.3 is 15.2 Å². The molecule has 0 amide bonds. The number of aromatic nitrogens is 2. The van der Waals surface area contributed by atoms with Crippen molar-refractivity contribution < 1.29 is 22.3 Å². The zero-order valence-corrected chi connectivity index (χ0v) is 17.1. The van der Waals surface area contributed by atoms with Crippen LogP contribution in [0, 0.1) is 5.82 Å². The molecule has 2 heterocycles. The van der Waals surface area contributed by atoms with Gasteiger partial charge in [0.25, 0.3) is 0 Å². The number of nitrogens with zero attached hydrogens (tertiary/aromatic N) is 2. The van der Waals surface area contributed by atoms with Gasteiger partial charge in [-0.1, -0.05) is 0 Å². The Hall–Kier alpha value is -2.81. The molecule has 7 nitrogen and oxygen atoms in total. The third-order valence-corrected chi connectivity index (χ3v) is 7.00. The van der Waals surface area contributed by atoms with E-state index in [0.717, 1.165) is 0 Å². The third-order valence-electron chi connectivity index (χ3n) is 4.50. The second-order valence-corrected chi connectivity index (χ2v) is 9.91. The lowest BCUT2D eigenvalue weighted by atomic mass is 10.1. The van der Waals surface area contributed by atoms with Gasteiger partial charge in [-0.05, 0) is 32.9 Å². The number of nitrogen functional groups attached to an aromatic ring is 1. The van der Waals surface area contributed by atoms with Gasteiger partial charge in [-0.25, -0.2) is 17.8 Å². The van der Waals surface area contributed by atoms with Crippen LogP contribution in [0.3, 0.4) is 0 Å². The fourth-order valence-corrected chi connectivity index (χ4v) is 4.16. The molecule has 0 aliphatic carbocycles. The fourth-order valence-electron chi connectivity index (χ4n) is 2.85. The van der Waals surface area contributed by atoms with Gasteiger partial charge in [0.15, 0.2) is 21.4 Å². The van der Waals surface area contributed by atoms with E-state index >= 15 is 0 Å². The molecule has 0 bridgehead atoms. The van der Waals surface area contributed by atoms with Crippen LogP contribution in [0.25, 0.3) is 16.9 Å². The monoisotopic (exact) mass is 407 g/mol. The van der Waals surface area contributed by atoms with Gasteiger partial charge in [-0.3, -0.25) is 4.40 Å². The number of methoxy groups -OCH3 is 2. The van der Waals surface area contributed by atoms with E-state index in [4.69, 9.17) is 15.2 Å². The zero-order chi connectivity index (χ0) is 20.9. The standard InChI is InChI=1S/C19H22FN3O4S/c1-19(2,3)28(24,25)15-10-23-13(9-22-16(23)8-14(15)26-4)11-6-7-12(21)18(27-5)17(11)20/h6-10H,21H2,1-5H3. The molecule has 150 valence electrons. The SMILES string of the molecule is COc1cc2ncc(-c3ccc(N)c(OC)c3F)n2cc1S(=O)(=O)C(C)(C)C. The van der Waals surface area contributed by atoms with Gasteiger partial charge in [0.05, 0.1) is 36.5 Å². The Balaban J connectivity index is 2.34. The summed E-state index contributed by atoms with van der Waals surface area (Å²) < 4.78 is 51.8. The summed E-state index contributed by atoms with van der Waals surface area (Å²) in [5.41, 5.74) is 6.87. The third kappa shape index (κ3) is 2.95. The zero-order valence-electron chi connectivity index (χ0n) is 16.3. The van der Waals surface area contributed by atoms with Crippen molar-refractivity contribution in [1.29, 1.82) is 0 Å². The molecule has 0 aliphatic rings. The van der Waals surface area contributed by atoms with Crippen molar-refractivity contribution in [3.8, 4) is 22.8 Å². The van der Waals surface area contributed by atoms with Crippen molar-refractivity contribution in [2.45, 2.75) is 30.4 Å². The number of nitrogens with two attached hydrogens (primary N) is 1. The largest absolute Gasteiger partial charge is 0.495 e. The van der Waals surface area contributed by atoms with Crippen molar-refractivity contribution in [2.24, 2.45) is 0 Å². The molecule has 28 heavy (non-hydrogen) atoms. The van der Waals surface area contributed by atoms with Gasteiger partial charge in [-0.15, -0.1) is 0 Å². The minimum Gasteiger partial charge on any atom is -0.495 e. The second-order valence-electron chi connectivity index (χ2n) is 7.24. The molecule has 0 atom stereocenters. The number of benzene rings is 1. The van der Waals surface area contributed by atoms with Crippen molar-refractivity contribution in [3.05, 3.63) is 36.4 Å². The summed E-state index contributed by atoms with van der Waals surface area (Å²) in [6, 6.07) is 4.53. The van der Waals surface area contributed by atoms with Crippen LogP contribution in [0.4, 0.5) is 10.1 Å². The van der Waals surface area contributed by atoms with E-state index in [2.05, 4.69) is 4.98 Å². The summed E-state index contributed by atoms with van der Waals surface area (Å²) >= 11 is 0. The lowest BCUT2D eigenvalue weighted by Crippen LogP contribution is -2.28. The number of sulfone groups is 1. The number of rotatable bonds is 4. The Bertz CT molecular complexity index is 1160. The summed E-state index contributed by atoms with van der Waals surface area (Å²) in [6.45, 7) is 4.81. The molecule has 0 aliphatic heterocycles. The lowest BCUT2D eigenvalue weighted by molar-refractivity contribution is 0.389. The minimum absolute atomic E-state index is 0.00271. The first-order valence-electron chi connectivity index (χ1n) is 8.45. The number of ether oxygens (including phenoxy) is 2. The maximum absolute atomic E-state index is 14.9. The van der Waals surface area contributed by atoms with Crippen molar-refractivity contribution in [1.82, 2.24) is 9.38 Å². The number of imidazole rings is 1. The number of pyridine rings is 1. The van der Waals surface area contributed by atoms with Crippen LogP contribution in [-0.2, 0) is 9.84 Å². The molecular weight excluding hydrogens is 385 g/mol. The van der Waals surface area contributed by atoms with Crippen LogP contribution in [0.15, 0.2) is 35.5 Å². The molecule has 0 spiro atoms. The van der Waals surface area contributed by atoms with Crippen molar-refractivity contribution >= 4 is 21.2 Å². The molecule has 9 heteroatoms. The molecule has 0 unspecified atom stereocenters. The predicted molar refractivity (Wildman–Crippen MR) is 105 cm³/mol. The highest BCUT2D eigenvalue weighted by Crippen LogP contribution is 2.37. The molecule has 1 aromatic carbocycles. The van der Waals surface area contributed by atoms with Gasteiger partial charge in [-0.2, -0.15) is 0 Å². The lowest BCUT2D eigenvalue weighted by Gasteiger charge is -2.21. The van der Waals surface area contributed by atoms with Crippen LogP contribution >= 0.6 is 0 Å². The summed E-state index contributed by atoms with van der Waals surface area (Å²) in [7, 11) is -1.01. The Morgan fingerprint density at radius 2 is 1.86 bits per heavy atom. The van der Waals surface area contributed by atoms with Crippen LogP contribution in [0.2, 0.25) is 0 Å². The predicted octanol–water partition coefficient (Wildman–Crippen LogP) is 3.31. The fraction of sp³-hybridized carbons (Fsp3) is 0.316. The highest BCUT2D eigenvalue weighted by atomic mass is 32.2. The molecule has 0 radical (unpaired) electrons. The van der Waals surface area contributed by atoms with E-state index < -0.39 is 20.4 Å². The molecule has 0 saturated heterocycles. The number of fused-ring (bicyclic) bond motifs is 1. The van der Waals surface area contributed by atoms with E-state index in [1.54, 1.807) is 20.8 Å². The first kappa shape index (κ1) is 19.9. The van der Waals surface area contributed by atoms with E-state index in [1.165, 1.54) is 49.2 Å². The molecule has 2 aromatic heterocycles. The Morgan fingerprint density at radius 3 is 2.43 bits per heavy atom. The van der Waals surface area contributed by atoms with E-state index in [1.807, 2.05) is 0 Å². The van der Waals surface area contributed by atoms with Gasteiger partial charge >= 0.3 is 0 Å². The number of halogens is 1. The van der Waals surface area contributed by atoms with Crippen LogP contribution in [0.5, 0.6) is 11.5 Å². The van der Waals surface area contributed by atoms with Crippen LogP contribution in [0.1, 0.15) is 20.8 Å². The smallest absolute Gasteiger partial charge is 0.188 e.